The van der Waals surface area contributed by atoms with E-state index in [1.807, 2.05) is 13.8 Å². The Morgan fingerprint density at radius 1 is 1.26 bits per heavy atom. The minimum atomic E-state index is -5.05. The molecule has 0 fully saturated rings. The highest BCUT2D eigenvalue weighted by molar-refractivity contribution is 6.08. The van der Waals surface area contributed by atoms with E-state index in [1.54, 1.807) is 24.3 Å². The molecule has 0 unspecified atom stereocenters. The van der Waals surface area contributed by atoms with E-state index in [1.165, 1.54) is 0 Å². The molecule has 0 aliphatic rings. The van der Waals surface area contributed by atoms with Crippen molar-refractivity contribution in [1.29, 1.82) is 0 Å². The molecule has 1 aromatic heterocycles. The predicted octanol–water partition coefficient (Wildman–Crippen LogP) is 4.02. The first-order valence-electron chi connectivity index (χ1n) is 6.96. The molecule has 0 amide bonds. The summed E-state index contributed by atoms with van der Waals surface area (Å²) in [7, 11) is 1.16. The fraction of sp³-hybridized carbons (Fsp3) is 0.375. The maximum absolute atomic E-state index is 12.9. The highest BCUT2D eigenvalue weighted by Crippen LogP contribution is 2.38. The van der Waals surface area contributed by atoms with Crippen LogP contribution < -0.4 is 9.47 Å². The summed E-state index contributed by atoms with van der Waals surface area (Å²) in [6.45, 7) is 3.87. The van der Waals surface area contributed by atoms with Crippen LogP contribution in [0.2, 0.25) is 0 Å². The molecule has 23 heavy (non-hydrogen) atoms. The van der Waals surface area contributed by atoms with Crippen molar-refractivity contribution in [2.75, 3.05) is 13.7 Å². The number of methoxy groups -OCH3 is 1. The second kappa shape index (κ2) is 6.44. The average molecular weight is 327 g/mol. The van der Waals surface area contributed by atoms with Crippen LogP contribution in [0.5, 0.6) is 11.6 Å². The van der Waals surface area contributed by atoms with Crippen molar-refractivity contribution in [2.24, 2.45) is 5.92 Å². The molecule has 0 aliphatic heterocycles. The van der Waals surface area contributed by atoms with Crippen molar-refractivity contribution < 1.29 is 27.4 Å². The first-order chi connectivity index (χ1) is 10.8. The van der Waals surface area contributed by atoms with Crippen molar-refractivity contribution >= 4 is 16.7 Å². The van der Waals surface area contributed by atoms with Crippen molar-refractivity contribution in [3.63, 3.8) is 0 Å². The summed E-state index contributed by atoms with van der Waals surface area (Å²) in [6.07, 6.45) is -5.05. The van der Waals surface area contributed by atoms with Crippen LogP contribution in [0.4, 0.5) is 13.2 Å². The molecule has 2 rings (SSSR count). The summed E-state index contributed by atoms with van der Waals surface area (Å²) in [5.74, 6) is -2.51. The van der Waals surface area contributed by atoms with Gasteiger partial charge in [-0.1, -0.05) is 26.0 Å². The Morgan fingerprint density at radius 3 is 2.48 bits per heavy atom. The van der Waals surface area contributed by atoms with Crippen LogP contribution >= 0.6 is 0 Å². The lowest BCUT2D eigenvalue weighted by Gasteiger charge is -2.18. The Labute approximate surface area is 131 Å². The zero-order valence-electron chi connectivity index (χ0n) is 12.9. The van der Waals surface area contributed by atoms with E-state index >= 15 is 0 Å². The molecule has 2 aromatic rings. The van der Waals surface area contributed by atoms with Gasteiger partial charge in [-0.15, -0.1) is 0 Å². The number of ether oxygens (including phenoxy) is 2. The number of ketones is 1. The predicted molar refractivity (Wildman–Crippen MR) is 79.0 cm³/mol. The molecule has 124 valence electrons. The number of Topliss-reactive ketones (excluding diaryl/α,β-unsaturated/α-hetero) is 1. The molecular weight excluding hydrogens is 311 g/mol. The maximum atomic E-state index is 12.9. The first kappa shape index (κ1) is 17.1. The fourth-order valence-electron chi connectivity index (χ4n) is 2.05. The molecule has 1 aromatic carbocycles. The Kier molecular flexibility index (Phi) is 4.77. The summed E-state index contributed by atoms with van der Waals surface area (Å²) in [5, 5.41) is 0.335. The van der Waals surface area contributed by atoms with E-state index < -0.39 is 23.4 Å². The smallest absolute Gasteiger partial charge is 0.455 e. The normalized spacial score (nSPS) is 11.8. The second-order valence-corrected chi connectivity index (χ2v) is 5.37. The Balaban J connectivity index is 2.74. The van der Waals surface area contributed by atoms with Gasteiger partial charge in [-0.3, -0.25) is 4.79 Å². The number of carbonyl (C=O) groups excluding carboxylic acids is 1. The molecule has 1 heterocycles. The third-order valence-corrected chi connectivity index (χ3v) is 3.05. The minimum absolute atomic E-state index is 0.0711. The fourth-order valence-corrected chi connectivity index (χ4v) is 2.05. The zero-order valence-corrected chi connectivity index (χ0v) is 12.9. The molecule has 0 atom stereocenters. The Morgan fingerprint density at radius 2 is 1.91 bits per heavy atom. The van der Waals surface area contributed by atoms with E-state index in [-0.39, 0.29) is 18.3 Å². The number of fused-ring (bicyclic) bond motifs is 1. The average Bonchev–Trinajstić information content (AvgIpc) is 2.49. The third-order valence-electron chi connectivity index (χ3n) is 3.05. The van der Waals surface area contributed by atoms with Gasteiger partial charge in [0.1, 0.15) is 11.3 Å². The number of alkyl halides is 3. The van der Waals surface area contributed by atoms with Crippen molar-refractivity contribution in [3.8, 4) is 11.6 Å². The number of rotatable bonds is 5. The molecule has 0 spiro atoms. The monoisotopic (exact) mass is 327 g/mol. The standard InChI is InChI=1S/C16H16F3NO3/c1-9(2)8-23-13-10-6-4-5-7-11(10)20-15(22-3)12(13)14(21)16(17,18)19/h4-7,9H,8H2,1-3H3. The van der Waals surface area contributed by atoms with Crippen molar-refractivity contribution in [1.82, 2.24) is 4.98 Å². The van der Waals surface area contributed by atoms with Crippen molar-refractivity contribution in [2.45, 2.75) is 20.0 Å². The summed E-state index contributed by atoms with van der Waals surface area (Å²) < 4.78 is 49.3. The Hall–Kier alpha value is -2.31. The second-order valence-electron chi connectivity index (χ2n) is 5.37. The van der Waals surface area contributed by atoms with E-state index in [2.05, 4.69) is 4.98 Å². The first-order valence-corrected chi connectivity index (χ1v) is 6.96. The highest BCUT2D eigenvalue weighted by Gasteiger charge is 2.43. The van der Waals surface area contributed by atoms with Crippen molar-refractivity contribution in [3.05, 3.63) is 29.8 Å². The number of hydrogen-bond donors (Lipinski definition) is 0. The number of pyridine rings is 1. The lowest BCUT2D eigenvalue weighted by Crippen LogP contribution is -2.25. The number of nitrogens with zero attached hydrogens (tertiary/aromatic N) is 1. The van der Waals surface area contributed by atoms with E-state index in [0.29, 0.717) is 10.9 Å². The summed E-state index contributed by atoms with van der Waals surface area (Å²) >= 11 is 0. The topological polar surface area (TPSA) is 48.4 Å². The van der Waals surface area contributed by atoms with E-state index in [4.69, 9.17) is 9.47 Å². The number of benzene rings is 1. The maximum Gasteiger partial charge on any atom is 0.455 e. The third kappa shape index (κ3) is 3.55. The summed E-state index contributed by atoms with van der Waals surface area (Å²) in [4.78, 5) is 15.8. The van der Waals surface area contributed by atoms with Gasteiger partial charge < -0.3 is 9.47 Å². The number of halogens is 3. The lowest BCUT2D eigenvalue weighted by atomic mass is 10.1. The van der Waals surface area contributed by atoms with Crippen LogP contribution in [-0.2, 0) is 0 Å². The van der Waals surface area contributed by atoms with E-state index in [9.17, 15) is 18.0 Å². The van der Waals surface area contributed by atoms with Crippen LogP contribution in [-0.4, -0.2) is 30.7 Å². The van der Waals surface area contributed by atoms with Crippen LogP contribution in [0.1, 0.15) is 24.2 Å². The zero-order chi connectivity index (χ0) is 17.2. The molecule has 0 N–H and O–H groups in total. The number of carbonyl (C=O) groups is 1. The van der Waals surface area contributed by atoms with Gasteiger partial charge in [-0.05, 0) is 18.1 Å². The molecular formula is C16H16F3NO3. The molecule has 4 nitrogen and oxygen atoms in total. The molecule has 0 radical (unpaired) electrons. The SMILES string of the molecule is COc1nc2ccccc2c(OCC(C)C)c1C(=O)C(F)(F)F. The Bertz CT molecular complexity index is 726. The quantitative estimate of drug-likeness (QED) is 0.778. The largest absolute Gasteiger partial charge is 0.492 e. The summed E-state index contributed by atoms with van der Waals surface area (Å²) in [5.41, 5.74) is -0.304. The van der Waals surface area contributed by atoms with Crippen LogP contribution in [0.3, 0.4) is 0 Å². The number of hydrogen-bond acceptors (Lipinski definition) is 4. The lowest BCUT2D eigenvalue weighted by molar-refractivity contribution is -0.0888. The van der Waals surface area contributed by atoms with Gasteiger partial charge in [-0.2, -0.15) is 13.2 Å². The number of aromatic nitrogens is 1. The summed E-state index contributed by atoms with van der Waals surface area (Å²) in [6, 6.07) is 6.50. The van der Waals surface area contributed by atoms with Gasteiger partial charge in [0.15, 0.2) is 0 Å². The number of para-hydroxylation sites is 1. The van der Waals surface area contributed by atoms with Crippen LogP contribution in [0.25, 0.3) is 10.9 Å². The highest BCUT2D eigenvalue weighted by atomic mass is 19.4. The molecule has 0 saturated carbocycles. The van der Waals surface area contributed by atoms with E-state index in [0.717, 1.165) is 7.11 Å². The van der Waals surface area contributed by atoms with Crippen LogP contribution in [0.15, 0.2) is 24.3 Å². The van der Waals surface area contributed by atoms with Gasteiger partial charge in [0.2, 0.25) is 5.88 Å². The molecule has 7 heteroatoms. The molecule has 0 aliphatic carbocycles. The molecule has 0 saturated heterocycles. The van der Waals surface area contributed by atoms with Gasteiger partial charge in [0.25, 0.3) is 5.78 Å². The van der Waals surface area contributed by atoms with Crippen LogP contribution in [0, 0.1) is 5.92 Å². The van der Waals surface area contributed by atoms with Gasteiger partial charge in [0.05, 0.1) is 19.2 Å². The van der Waals surface area contributed by atoms with Gasteiger partial charge in [-0.25, -0.2) is 4.98 Å². The molecule has 0 bridgehead atoms. The minimum Gasteiger partial charge on any atom is -0.492 e. The van der Waals surface area contributed by atoms with Gasteiger partial charge in [0, 0.05) is 5.39 Å². The van der Waals surface area contributed by atoms with Gasteiger partial charge >= 0.3 is 6.18 Å².